The number of benzene rings is 2. The first-order chi connectivity index (χ1) is 10.1. The van der Waals surface area contributed by atoms with E-state index in [1.807, 2.05) is 30.3 Å². The molecular weight excluding hydrogens is 289 g/mol. The SMILES string of the molecule is COc1ccc(CC(CN)Cc2ccc(Cl)c(F)c2)cc1. The van der Waals surface area contributed by atoms with Crippen molar-refractivity contribution in [1.82, 2.24) is 0 Å². The van der Waals surface area contributed by atoms with Gasteiger partial charge >= 0.3 is 0 Å². The van der Waals surface area contributed by atoms with Gasteiger partial charge in [0.05, 0.1) is 12.1 Å². The van der Waals surface area contributed by atoms with Crippen LogP contribution >= 0.6 is 11.6 Å². The van der Waals surface area contributed by atoms with Crippen LogP contribution in [-0.2, 0) is 12.8 Å². The van der Waals surface area contributed by atoms with Crippen molar-refractivity contribution in [3.63, 3.8) is 0 Å². The van der Waals surface area contributed by atoms with Crippen LogP contribution in [0.4, 0.5) is 4.39 Å². The van der Waals surface area contributed by atoms with Gasteiger partial charge in [-0.1, -0.05) is 29.8 Å². The fourth-order valence-corrected chi connectivity index (χ4v) is 2.45. The molecule has 0 aliphatic rings. The second-order valence-corrected chi connectivity index (χ2v) is 5.51. The van der Waals surface area contributed by atoms with E-state index in [4.69, 9.17) is 22.1 Å². The molecule has 0 heterocycles. The molecule has 2 N–H and O–H groups in total. The van der Waals surface area contributed by atoms with E-state index in [0.717, 1.165) is 24.2 Å². The van der Waals surface area contributed by atoms with Crippen LogP contribution < -0.4 is 10.5 Å². The summed E-state index contributed by atoms with van der Waals surface area (Å²) in [5.74, 6) is 0.719. The molecule has 0 amide bonds. The van der Waals surface area contributed by atoms with Crippen molar-refractivity contribution < 1.29 is 9.13 Å². The monoisotopic (exact) mass is 307 g/mol. The van der Waals surface area contributed by atoms with Gasteiger partial charge in [0.1, 0.15) is 11.6 Å². The van der Waals surface area contributed by atoms with Crippen LogP contribution in [0.25, 0.3) is 0 Å². The minimum absolute atomic E-state index is 0.151. The highest BCUT2D eigenvalue weighted by Crippen LogP contribution is 2.20. The summed E-state index contributed by atoms with van der Waals surface area (Å²) < 4.78 is 18.6. The van der Waals surface area contributed by atoms with Gasteiger partial charge in [-0.05, 0) is 60.7 Å². The van der Waals surface area contributed by atoms with E-state index in [9.17, 15) is 4.39 Å². The molecule has 0 aliphatic heterocycles. The molecule has 0 fully saturated rings. The zero-order chi connectivity index (χ0) is 15.2. The van der Waals surface area contributed by atoms with Crippen molar-refractivity contribution >= 4 is 11.6 Å². The van der Waals surface area contributed by atoms with E-state index >= 15 is 0 Å². The maximum atomic E-state index is 13.5. The minimum atomic E-state index is -0.380. The van der Waals surface area contributed by atoms with Gasteiger partial charge in [0.25, 0.3) is 0 Å². The summed E-state index contributed by atoms with van der Waals surface area (Å²) in [6.45, 7) is 0.552. The summed E-state index contributed by atoms with van der Waals surface area (Å²) in [5, 5.41) is 0.151. The van der Waals surface area contributed by atoms with Crippen molar-refractivity contribution in [3.8, 4) is 5.75 Å². The Kier molecular flexibility index (Phi) is 5.59. The highest BCUT2D eigenvalue weighted by molar-refractivity contribution is 6.30. The van der Waals surface area contributed by atoms with Gasteiger partial charge in [0.2, 0.25) is 0 Å². The third kappa shape index (κ3) is 4.45. The van der Waals surface area contributed by atoms with Crippen molar-refractivity contribution in [2.45, 2.75) is 12.8 Å². The molecule has 0 aliphatic carbocycles. The summed E-state index contributed by atoms with van der Waals surface area (Å²) in [4.78, 5) is 0. The highest BCUT2D eigenvalue weighted by Gasteiger charge is 2.11. The fourth-order valence-electron chi connectivity index (χ4n) is 2.33. The average molecular weight is 308 g/mol. The van der Waals surface area contributed by atoms with E-state index in [-0.39, 0.29) is 16.8 Å². The Morgan fingerprint density at radius 1 is 1.10 bits per heavy atom. The van der Waals surface area contributed by atoms with Gasteiger partial charge in [-0.15, -0.1) is 0 Å². The topological polar surface area (TPSA) is 35.2 Å². The summed E-state index contributed by atoms with van der Waals surface area (Å²) in [7, 11) is 1.65. The van der Waals surface area contributed by atoms with Crippen molar-refractivity contribution in [2.24, 2.45) is 11.7 Å². The summed E-state index contributed by atoms with van der Waals surface area (Å²) in [6.07, 6.45) is 1.58. The first kappa shape index (κ1) is 15.8. The largest absolute Gasteiger partial charge is 0.497 e. The lowest BCUT2D eigenvalue weighted by Gasteiger charge is -2.15. The molecule has 2 rings (SSSR count). The normalized spacial score (nSPS) is 12.2. The first-order valence-electron chi connectivity index (χ1n) is 6.89. The molecule has 0 spiro atoms. The second-order valence-electron chi connectivity index (χ2n) is 5.11. The van der Waals surface area contributed by atoms with E-state index in [1.165, 1.54) is 11.6 Å². The number of hydrogen-bond donors (Lipinski definition) is 1. The molecule has 21 heavy (non-hydrogen) atoms. The maximum Gasteiger partial charge on any atom is 0.142 e. The van der Waals surface area contributed by atoms with Crippen LogP contribution in [-0.4, -0.2) is 13.7 Å². The van der Waals surface area contributed by atoms with Crippen LogP contribution in [0.3, 0.4) is 0 Å². The minimum Gasteiger partial charge on any atom is -0.497 e. The first-order valence-corrected chi connectivity index (χ1v) is 7.27. The van der Waals surface area contributed by atoms with Gasteiger partial charge in [-0.2, -0.15) is 0 Å². The van der Waals surface area contributed by atoms with Gasteiger partial charge in [-0.3, -0.25) is 0 Å². The summed E-state index contributed by atoms with van der Waals surface area (Å²) in [6, 6.07) is 12.9. The lowest BCUT2D eigenvalue weighted by molar-refractivity contribution is 0.414. The molecule has 0 radical (unpaired) electrons. The molecular formula is C17H19ClFNO. The van der Waals surface area contributed by atoms with Crippen LogP contribution in [0.2, 0.25) is 5.02 Å². The number of methoxy groups -OCH3 is 1. The molecule has 0 saturated heterocycles. The van der Waals surface area contributed by atoms with Crippen LogP contribution in [0.5, 0.6) is 5.75 Å². The molecule has 0 bridgehead atoms. The van der Waals surface area contributed by atoms with E-state index in [2.05, 4.69) is 0 Å². The number of ether oxygens (including phenoxy) is 1. The number of hydrogen-bond acceptors (Lipinski definition) is 2. The Hall–Kier alpha value is -1.58. The fraction of sp³-hybridized carbons (Fsp3) is 0.294. The number of nitrogens with two attached hydrogens (primary N) is 1. The quantitative estimate of drug-likeness (QED) is 0.880. The van der Waals surface area contributed by atoms with Gasteiger partial charge < -0.3 is 10.5 Å². The second kappa shape index (κ2) is 7.43. The smallest absolute Gasteiger partial charge is 0.142 e. The lowest BCUT2D eigenvalue weighted by Crippen LogP contribution is -2.19. The molecule has 1 atom stereocenters. The molecule has 112 valence electrons. The Labute approximate surface area is 129 Å². The zero-order valence-corrected chi connectivity index (χ0v) is 12.7. The third-order valence-corrected chi connectivity index (χ3v) is 3.83. The standard InChI is InChI=1S/C17H19ClFNO/c1-21-15-5-2-12(3-6-15)8-14(11-20)9-13-4-7-16(18)17(19)10-13/h2-7,10,14H,8-9,11,20H2,1H3. The van der Waals surface area contributed by atoms with Crippen LogP contribution in [0.1, 0.15) is 11.1 Å². The zero-order valence-electron chi connectivity index (χ0n) is 12.0. The number of halogens is 2. The molecule has 2 nitrogen and oxygen atoms in total. The predicted octanol–water partition coefficient (Wildman–Crippen LogP) is 3.85. The van der Waals surface area contributed by atoms with Gasteiger partial charge in [0, 0.05) is 0 Å². The molecule has 1 unspecified atom stereocenters. The molecule has 4 heteroatoms. The van der Waals surface area contributed by atoms with Crippen molar-refractivity contribution in [1.29, 1.82) is 0 Å². The Bertz CT molecular complexity index is 586. The van der Waals surface area contributed by atoms with Crippen LogP contribution in [0, 0.1) is 11.7 Å². The molecule has 2 aromatic carbocycles. The number of rotatable bonds is 6. The predicted molar refractivity (Wildman–Crippen MR) is 84.4 cm³/mol. The average Bonchev–Trinajstić information content (AvgIpc) is 2.51. The highest BCUT2D eigenvalue weighted by atomic mass is 35.5. The maximum absolute atomic E-state index is 13.5. The van der Waals surface area contributed by atoms with Crippen molar-refractivity contribution in [3.05, 3.63) is 64.4 Å². The van der Waals surface area contributed by atoms with E-state index < -0.39 is 0 Å². The Morgan fingerprint density at radius 2 is 1.71 bits per heavy atom. The molecule has 0 aromatic heterocycles. The third-order valence-electron chi connectivity index (χ3n) is 3.53. The summed E-state index contributed by atoms with van der Waals surface area (Å²) >= 11 is 5.70. The van der Waals surface area contributed by atoms with E-state index in [0.29, 0.717) is 6.54 Å². The lowest BCUT2D eigenvalue weighted by atomic mass is 9.92. The molecule has 0 saturated carbocycles. The van der Waals surface area contributed by atoms with E-state index in [1.54, 1.807) is 13.2 Å². The van der Waals surface area contributed by atoms with Crippen LogP contribution in [0.15, 0.2) is 42.5 Å². The summed E-state index contributed by atoms with van der Waals surface area (Å²) in [5.41, 5.74) is 7.96. The molecule has 2 aromatic rings. The van der Waals surface area contributed by atoms with Crippen molar-refractivity contribution in [2.75, 3.05) is 13.7 Å². The Balaban J connectivity index is 2.03. The van der Waals surface area contributed by atoms with Gasteiger partial charge in [0.15, 0.2) is 0 Å². The Morgan fingerprint density at radius 3 is 2.29 bits per heavy atom. The van der Waals surface area contributed by atoms with Gasteiger partial charge in [-0.25, -0.2) is 4.39 Å².